The molecule has 0 bridgehead atoms. The summed E-state index contributed by atoms with van der Waals surface area (Å²) in [5.74, 6) is 0.859. The standard InChI is InChI=1S/C12H16BrNO2/c1-9-4-5-12(11(7-13)14-9)16-8-10-3-2-6-15-10/h4-5,10H,2-3,6-8H2,1H3. The van der Waals surface area contributed by atoms with Crippen molar-refractivity contribution in [2.45, 2.75) is 31.2 Å². The minimum absolute atomic E-state index is 0.254. The highest BCUT2D eigenvalue weighted by Gasteiger charge is 2.16. The number of nitrogens with zero attached hydrogens (tertiary/aromatic N) is 1. The topological polar surface area (TPSA) is 31.4 Å². The van der Waals surface area contributed by atoms with Crippen LogP contribution in [0, 0.1) is 6.92 Å². The van der Waals surface area contributed by atoms with Gasteiger partial charge in [0.05, 0.1) is 11.8 Å². The number of ether oxygens (including phenoxy) is 2. The van der Waals surface area contributed by atoms with Crippen LogP contribution in [0.15, 0.2) is 12.1 Å². The fourth-order valence-electron chi connectivity index (χ4n) is 1.78. The molecule has 1 atom stereocenters. The van der Waals surface area contributed by atoms with Gasteiger partial charge in [0, 0.05) is 17.6 Å². The lowest BCUT2D eigenvalue weighted by Crippen LogP contribution is -2.17. The van der Waals surface area contributed by atoms with Crippen molar-refractivity contribution in [3.63, 3.8) is 0 Å². The van der Waals surface area contributed by atoms with E-state index in [-0.39, 0.29) is 6.10 Å². The second-order valence-corrected chi connectivity index (χ2v) is 4.54. The van der Waals surface area contributed by atoms with Crippen molar-refractivity contribution < 1.29 is 9.47 Å². The van der Waals surface area contributed by atoms with Crippen LogP contribution in [-0.4, -0.2) is 24.3 Å². The Morgan fingerprint density at radius 1 is 1.56 bits per heavy atom. The Bertz CT molecular complexity index is 351. The molecule has 0 spiro atoms. The Labute approximate surface area is 104 Å². The molecule has 4 heteroatoms. The van der Waals surface area contributed by atoms with E-state index in [4.69, 9.17) is 9.47 Å². The van der Waals surface area contributed by atoms with Gasteiger partial charge in [0.25, 0.3) is 0 Å². The molecule has 1 aromatic rings. The molecule has 3 nitrogen and oxygen atoms in total. The molecule has 16 heavy (non-hydrogen) atoms. The summed E-state index contributed by atoms with van der Waals surface area (Å²) in [6.07, 6.45) is 2.50. The predicted octanol–water partition coefficient (Wildman–Crippen LogP) is 2.84. The zero-order chi connectivity index (χ0) is 11.4. The molecule has 1 aliphatic rings. The number of alkyl halides is 1. The smallest absolute Gasteiger partial charge is 0.141 e. The van der Waals surface area contributed by atoms with Crippen LogP contribution >= 0.6 is 15.9 Å². The largest absolute Gasteiger partial charge is 0.489 e. The molecule has 0 aliphatic carbocycles. The second kappa shape index (κ2) is 5.64. The molecule has 2 heterocycles. The Morgan fingerprint density at radius 2 is 2.44 bits per heavy atom. The zero-order valence-electron chi connectivity index (χ0n) is 9.41. The minimum atomic E-state index is 0.254. The molecule has 1 fully saturated rings. The van der Waals surface area contributed by atoms with E-state index in [0.29, 0.717) is 6.61 Å². The third-order valence-electron chi connectivity index (χ3n) is 2.65. The summed E-state index contributed by atoms with van der Waals surface area (Å²) in [4.78, 5) is 4.42. The lowest BCUT2D eigenvalue weighted by Gasteiger charge is -2.13. The number of rotatable bonds is 4. The first-order valence-corrected chi connectivity index (χ1v) is 6.68. The summed E-state index contributed by atoms with van der Waals surface area (Å²) < 4.78 is 11.3. The number of hydrogen-bond donors (Lipinski definition) is 0. The van der Waals surface area contributed by atoms with Crippen LogP contribution in [0.25, 0.3) is 0 Å². The summed E-state index contributed by atoms with van der Waals surface area (Å²) in [6.45, 7) is 3.48. The van der Waals surface area contributed by atoms with Gasteiger partial charge in [0.15, 0.2) is 0 Å². The van der Waals surface area contributed by atoms with Crippen LogP contribution in [-0.2, 0) is 10.1 Å². The Hall–Kier alpha value is -0.610. The van der Waals surface area contributed by atoms with Crippen molar-refractivity contribution in [1.82, 2.24) is 4.98 Å². The van der Waals surface area contributed by atoms with Crippen molar-refractivity contribution in [2.75, 3.05) is 13.2 Å². The highest BCUT2D eigenvalue weighted by atomic mass is 79.9. The summed E-state index contributed by atoms with van der Waals surface area (Å²) >= 11 is 3.42. The quantitative estimate of drug-likeness (QED) is 0.798. The van der Waals surface area contributed by atoms with Crippen LogP contribution in [0.4, 0.5) is 0 Å². The molecule has 2 rings (SSSR count). The van der Waals surface area contributed by atoms with E-state index in [1.54, 1.807) is 0 Å². The van der Waals surface area contributed by atoms with Crippen molar-refractivity contribution in [2.24, 2.45) is 0 Å². The maximum absolute atomic E-state index is 5.75. The molecule has 88 valence electrons. The molecule has 1 unspecified atom stereocenters. The fraction of sp³-hybridized carbons (Fsp3) is 0.583. The maximum atomic E-state index is 5.75. The van der Waals surface area contributed by atoms with Gasteiger partial charge >= 0.3 is 0 Å². The third-order valence-corrected chi connectivity index (χ3v) is 3.18. The van der Waals surface area contributed by atoms with Crippen LogP contribution < -0.4 is 4.74 Å². The van der Waals surface area contributed by atoms with Gasteiger partial charge in [-0.1, -0.05) is 15.9 Å². The average molecular weight is 286 g/mol. The van der Waals surface area contributed by atoms with Gasteiger partial charge in [0.2, 0.25) is 0 Å². The lowest BCUT2D eigenvalue weighted by molar-refractivity contribution is 0.0675. The molecule has 1 aromatic heterocycles. The number of aryl methyl sites for hydroxylation is 1. The van der Waals surface area contributed by atoms with Gasteiger partial charge in [-0.3, -0.25) is 4.98 Å². The van der Waals surface area contributed by atoms with Gasteiger partial charge in [0.1, 0.15) is 12.4 Å². The van der Waals surface area contributed by atoms with Crippen molar-refractivity contribution >= 4 is 15.9 Å². The first-order chi connectivity index (χ1) is 7.79. The van der Waals surface area contributed by atoms with Gasteiger partial charge in [-0.25, -0.2) is 0 Å². The summed E-state index contributed by atoms with van der Waals surface area (Å²) in [5, 5.41) is 0.718. The van der Waals surface area contributed by atoms with Gasteiger partial charge < -0.3 is 9.47 Å². The van der Waals surface area contributed by atoms with Gasteiger partial charge in [-0.05, 0) is 31.9 Å². The number of hydrogen-bond acceptors (Lipinski definition) is 3. The molecule has 0 N–H and O–H groups in total. The van der Waals surface area contributed by atoms with Crippen LogP contribution in [0.2, 0.25) is 0 Å². The van der Waals surface area contributed by atoms with Crippen LogP contribution in [0.1, 0.15) is 24.2 Å². The van der Waals surface area contributed by atoms with E-state index >= 15 is 0 Å². The Morgan fingerprint density at radius 3 is 3.12 bits per heavy atom. The molecular formula is C12H16BrNO2. The zero-order valence-corrected chi connectivity index (χ0v) is 11.0. The summed E-state index contributed by atoms with van der Waals surface area (Å²) in [5.41, 5.74) is 1.97. The van der Waals surface area contributed by atoms with Crippen molar-refractivity contribution in [1.29, 1.82) is 0 Å². The normalized spacial score (nSPS) is 20.0. The molecule has 0 amide bonds. The third kappa shape index (κ3) is 2.95. The number of halogens is 1. The van der Waals surface area contributed by atoms with Gasteiger partial charge in [-0.15, -0.1) is 0 Å². The number of pyridine rings is 1. The first-order valence-electron chi connectivity index (χ1n) is 5.56. The Kier molecular flexibility index (Phi) is 4.18. The van der Waals surface area contributed by atoms with Crippen molar-refractivity contribution in [3.8, 4) is 5.75 Å². The van der Waals surface area contributed by atoms with E-state index in [9.17, 15) is 0 Å². The first kappa shape index (κ1) is 11.9. The van der Waals surface area contributed by atoms with E-state index in [0.717, 1.165) is 41.9 Å². The number of aromatic nitrogens is 1. The second-order valence-electron chi connectivity index (χ2n) is 3.98. The fourth-order valence-corrected chi connectivity index (χ4v) is 2.19. The molecule has 0 saturated carbocycles. The lowest BCUT2D eigenvalue weighted by atomic mass is 10.2. The van der Waals surface area contributed by atoms with E-state index in [1.165, 1.54) is 0 Å². The maximum Gasteiger partial charge on any atom is 0.141 e. The average Bonchev–Trinajstić information content (AvgIpc) is 2.80. The molecule has 1 saturated heterocycles. The molecular weight excluding hydrogens is 270 g/mol. The highest BCUT2D eigenvalue weighted by molar-refractivity contribution is 9.08. The Balaban J connectivity index is 1.97. The van der Waals surface area contributed by atoms with Gasteiger partial charge in [-0.2, -0.15) is 0 Å². The minimum Gasteiger partial charge on any atom is -0.489 e. The van der Waals surface area contributed by atoms with E-state index < -0.39 is 0 Å². The van der Waals surface area contributed by atoms with E-state index in [1.807, 2.05) is 19.1 Å². The molecule has 0 aromatic carbocycles. The highest BCUT2D eigenvalue weighted by Crippen LogP contribution is 2.21. The monoisotopic (exact) mass is 285 g/mol. The molecule has 0 radical (unpaired) electrons. The van der Waals surface area contributed by atoms with E-state index in [2.05, 4.69) is 20.9 Å². The van der Waals surface area contributed by atoms with Crippen LogP contribution in [0.3, 0.4) is 0 Å². The SMILES string of the molecule is Cc1ccc(OCC2CCCO2)c(CBr)n1. The molecule has 1 aliphatic heterocycles. The summed E-state index contributed by atoms with van der Waals surface area (Å²) in [6, 6.07) is 3.95. The predicted molar refractivity (Wildman–Crippen MR) is 66.1 cm³/mol. The summed E-state index contributed by atoms with van der Waals surface area (Å²) in [7, 11) is 0. The van der Waals surface area contributed by atoms with Crippen LogP contribution in [0.5, 0.6) is 5.75 Å². The van der Waals surface area contributed by atoms with Crippen molar-refractivity contribution in [3.05, 3.63) is 23.5 Å².